The Balaban J connectivity index is 2.06. The van der Waals surface area contributed by atoms with Crippen LogP contribution in [-0.2, 0) is 11.3 Å². The molecule has 0 aliphatic rings. The van der Waals surface area contributed by atoms with Crippen molar-refractivity contribution < 1.29 is 4.74 Å². The van der Waals surface area contributed by atoms with E-state index >= 15 is 0 Å². The van der Waals surface area contributed by atoms with Gasteiger partial charge in [-0.2, -0.15) is 4.37 Å². The third-order valence-electron chi connectivity index (χ3n) is 2.53. The van der Waals surface area contributed by atoms with Crippen molar-refractivity contribution in [2.45, 2.75) is 22.7 Å². The minimum atomic E-state index is 0.693. The van der Waals surface area contributed by atoms with Crippen molar-refractivity contribution in [2.24, 2.45) is 0 Å². The first-order valence-corrected chi connectivity index (χ1v) is 8.12. The number of aryl methyl sites for hydroxylation is 1. The van der Waals surface area contributed by atoms with E-state index in [9.17, 15) is 0 Å². The van der Waals surface area contributed by atoms with Crippen LogP contribution in [0.2, 0.25) is 5.02 Å². The number of halogens is 1. The van der Waals surface area contributed by atoms with E-state index in [0.717, 1.165) is 38.7 Å². The van der Waals surface area contributed by atoms with Gasteiger partial charge in [-0.05, 0) is 42.2 Å². The second-order valence-corrected chi connectivity index (χ2v) is 6.61. The van der Waals surface area contributed by atoms with Crippen molar-refractivity contribution >= 4 is 34.9 Å². The highest BCUT2D eigenvalue weighted by atomic mass is 35.5. The summed E-state index contributed by atoms with van der Waals surface area (Å²) in [5.41, 5.74) is 1.16. The van der Waals surface area contributed by atoms with E-state index < -0.39 is 0 Å². The van der Waals surface area contributed by atoms with Gasteiger partial charge in [-0.25, -0.2) is 4.98 Å². The smallest absolute Gasteiger partial charge is 0.174 e. The zero-order valence-corrected chi connectivity index (χ0v) is 13.7. The molecule has 1 N–H and O–H groups in total. The van der Waals surface area contributed by atoms with Gasteiger partial charge in [0.05, 0.1) is 6.61 Å². The molecule has 0 saturated heterocycles. The molecular weight excluding hydrogens is 314 g/mol. The molecule has 0 fully saturated rings. The molecule has 1 aromatic heterocycles. The average molecular weight is 330 g/mol. The lowest BCUT2D eigenvalue weighted by molar-refractivity contribution is 0.199. The molecule has 1 aromatic carbocycles. The van der Waals surface area contributed by atoms with Crippen molar-refractivity contribution in [3.8, 4) is 0 Å². The molecule has 2 aromatic rings. The predicted octanol–water partition coefficient (Wildman–Crippen LogP) is 3.39. The number of methoxy groups -OCH3 is 1. The monoisotopic (exact) mass is 329 g/mol. The summed E-state index contributed by atoms with van der Waals surface area (Å²) in [5.74, 6) is 0.811. The minimum Gasteiger partial charge on any atom is -0.383 e. The Morgan fingerprint density at radius 1 is 1.45 bits per heavy atom. The molecule has 0 aliphatic carbocycles. The van der Waals surface area contributed by atoms with Crippen molar-refractivity contribution in [1.82, 2.24) is 14.7 Å². The molecule has 0 bridgehead atoms. The Labute approximate surface area is 132 Å². The number of benzene rings is 1. The molecule has 0 spiro atoms. The maximum Gasteiger partial charge on any atom is 0.174 e. The van der Waals surface area contributed by atoms with E-state index in [1.807, 2.05) is 25.1 Å². The van der Waals surface area contributed by atoms with Gasteiger partial charge in [-0.15, -0.1) is 0 Å². The van der Waals surface area contributed by atoms with Crippen LogP contribution in [0.1, 0.15) is 11.4 Å². The van der Waals surface area contributed by atoms with Gasteiger partial charge in [0.15, 0.2) is 4.34 Å². The third kappa shape index (κ3) is 4.71. The van der Waals surface area contributed by atoms with E-state index in [1.54, 1.807) is 18.9 Å². The van der Waals surface area contributed by atoms with Crippen LogP contribution in [0.5, 0.6) is 0 Å². The van der Waals surface area contributed by atoms with E-state index in [1.165, 1.54) is 11.5 Å². The van der Waals surface area contributed by atoms with Crippen molar-refractivity contribution in [1.29, 1.82) is 0 Å². The lowest BCUT2D eigenvalue weighted by atomic mass is 10.2. The maximum atomic E-state index is 6.08. The number of rotatable bonds is 7. The van der Waals surface area contributed by atoms with Crippen LogP contribution < -0.4 is 5.32 Å². The number of aromatic nitrogens is 2. The molecule has 0 amide bonds. The molecular formula is C13H16ClN3OS2. The first-order chi connectivity index (χ1) is 9.69. The average Bonchev–Trinajstić information content (AvgIpc) is 2.83. The molecule has 0 saturated carbocycles. The number of nitrogens with zero attached hydrogens (tertiary/aromatic N) is 2. The number of hydrogen-bond acceptors (Lipinski definition) is 6. The van der Waals surface area contributed by atoms with Crippen LogP contribution in [0, 0.1) is 6.92 Å². The zero-order chi connectivity index (χ0) is 14.4. The van der Waals surface area contributed by atoms with Crippen molar-refractivity contribution in [3.63, 3.8) is 0 Å². The Morgan fingerprint density at radius 2 is 2.30 bits per heavy atom. The van der Waals surface area contributed by atoms with Gasteiger partial charge in [0.1, 0.15) is 5.82 Å². The third-order valence-corrected chi connectivity index (χ3v) is 4.72. The zero-order valence-electron chi connectivity index (χ0n) is 11.4. The second-order valence-electron chi connectivity index (χ2n) is 4.13. The molecule has 4 nitrogen and oxygen atoms in total. The first kappa shape index (κ1) is 15.7. The summed E-state index contributed by atoms with van der Waals surface area (Å²) in [4.78, 5) is 5.52. The predicted molar refractivity (Wildman–Crippen MR) is 83.8 cm³/mol. The summed E-state index contributed by atoms with van der Waals surface area (Å²) >= 11 is 9.12. The van der Waals surface area contributed by atoms with Gasteiger partial charge in [0.2, 0.25) is 0 Å². The lowest BCUT2D eigenvalue weighted by Gasteiger charge is -2.09. The molecule has 1 heterocycles. The number of nitrogens with one attached hydrogen (secondary N) is 1. The maximum absolute atomic E-state index is 6.08. The Kier molecular flexibility index (Phi) is 6.25. The molecule has 0 unspecified atom stereocenters. The van der Waals surface area contributed by atoms with Gasteiger partial charge in [0.25, 0.3) is 0 Å². The van der Waals surface area contributed by atoms with Crippen molar-refractivity contribution in [3.05, 3.63) is 34.6 Å². The van der Waals surface area contributed by atoms with Gasteiger partial charge in [-0.3, -0.25) is 0 Å². The molecule has 0 aliphatic heterocycles. The minimum absolute atomic E-state index is 0.693. The number of hydrogen-bond donors (Lipinski definition) is 1. The molecule has 7 heteroatoms. The molecule has 2 rings (SSSR count). The van der Waals surface area contributed by atoms with E-state index in [-0.39, 0.29) is 0 Å². The molecule has 0 atom stereocenters. The van der Waals surface area contributed by atoms with Gasteiger partial charge >= 0.3 is 0 Å². The summed E-state index contributed by atoms with van der Waals surface area (Å²) in [6.07, 6.45) is 0. The van der Waals surface area contributed by atoms with Gasteiger partial charge < -0.3 is 10.1 Å². The lowest BCUT2D eigenvalue weighted by Crippen LogP contribution is -2.18. The number of ether oxygens (including phenoxy) is 1. The highest BCUT2D eigenvalue weighted by Crippen LogP contribution is 2.32. The van der Waals surface area contributed by atoms with Gasteiger partial charge in [-0.1, -0.05) is 23.4 Å². The summed E-state index contributed by atoms with van der Waals surface area (Å²) in [7, 11) is 1.69. The second kappa shape index (κ2) is 7.95. The fraction of sp³-hybridized carbons (Fsp3) is 0.385. The van der Waals surface area contributed by atoms with E-state index in [0.29, 0.717) is 6.61 Å². The van der Waals surface area contributed by atoms with Crippen molar-refractivity contribution in [2.75, 3.05) is 20.3 Å². The van der Waals surface area contributed by atoms with Crippen LogP contribution >= 0.6 is 34.9 Å². The fourth-order valence-electron chi connectivity index (χ4n) is 1.60. The van der Waals surface area contributed by atoms with Crippen LogP contribution in [0.3, 0.4) is 0 Å². The van der Waals surface area contributed by atoms with E-state index in [4.69, 9.17) is 16.3 Å². The Hall–Kier alpha value is -0.660. The van der Waals surface area contributed by atoms with E-state index in [2.05, 4.69) is 14.7 Å². The fourth-order valence-corrected chi connectivity index (χ4v) is 3.51. The summed E-state index contributed by atoms with van der Waals surface area (Å²) < 4.78 is 10.2. The van der Waals surface area contributed by atoms with Crippen LogP contribution in [0.25, 0.3) is 0 Å². The standard InChI is InChI=1S/C13H16ClN3OS2/c1-9-16-13(20-17-9)19-12-4-3-11(14)7-10(12)8-15-5-6-18-2/h3-4,7,15H,5-6,8H2,1-2H3. The quantitative estimate of drug-likeness (QED) is 0.789. The summed E-state index contributed by atoms with van der Waals surface area (Å²) in [6.45, 7) is 4.16. The molecule has 0 radical (unpaired) electrons. The molecule has 20 heavy (non-hydrogen) atoms. The SMILES string of the molecule is COCCNCc1cc(Cl)ccc1Sc1nc(C)ns1. The summed E-state index contributed by atoms with van der Waals surface area (Å²) in [6, 6.07) is 5.91. The first-order valence-electron chi connectivity index (χ1n) is 6.15. The van der Waals surface area contributed by atoms with Gasteiger partial charge in [0, 0.05) is 30.1 Å². The van der Waals surface area contributed by atoms with Crippen LogP contribution in [-0.4, -0.2) is 29.6 Å². The largest absolute Gasteiger partial charge is 0.383 e. The Bertz CT molecular complexity index is 562. The topological polar surface area (TPSA) is 47.0 Å². The normalized spacial score (nSPS) is 10.9. The highest BCUT2D eigenvalue weighted by molar-refractivity contribution is 8.01. The molecule has 108 valence electrons. The van der Waals surface area contributed by atoms with Crippen LogP contribution in [0.15, 0.2) is 27.4 Å². The summed E-state index contributed by atoms with van der Waals surface area (Å²) in [5, 5.41) is 4.07. The van der Waals surface area contributed by atoms with Crippen LogP contribution in [0.4, 0.5) is 0 Å². The highest BCUT2D eigenvalue weighted by Gasteiger charge is 2.08. The Morgan fingerprint density at radius 3 is 3.00 bits per heavy atom.